The number of aromatic nitrogens is 1. The van der Waals surface area contributed by atoms with Gasteiger partial charge in [0.15, 0.2) is 5.13 Å². The molecular weight excluding hydrogens is 168 g/mol. The second kappa shape index (κ2) is 4.45. The van der Waals surface area contributed by atoms with Crippen molar-refractivity contribution in [2.45, 2.75) is 26.7 Å². The van der Waals surface area contributed by atoms with E-state index in [0.717, 1.165) is 17.5 Å². The van der Waals surface area contributed by atoms with Gasteiger partial charge < -0.3 is 5.32 Å². The summed E-state index contributed by atoms with van der Waals surface area (Å²) in [4.78, 5) is 5.60. The Labute approximate surface area is 78.0 Å². The average molecular weight is 184 g/mol. The van der Waals surface area contributed by atoms with Crippen LogP contribution in [-0.4, -0.2) is 12.0 Å². The summed E-state index contributed by atoms with van der Waals surface area (Å²) in [6, 6.07) is 0. The minimum Gasteiger partial charge on any atom is -0.365 e. The molecule has 1 aromatic rings. The molecule has 0 aromatic carbocycles. The Hall–Kier alpha value is -0.570. The third-order valence-corrected chi connectivity index (χ3v) is 2.81. The molecule has 0 spiro atoms. The maximum atomic E-state index is 4.22. The lowest BCUT2D eigenvalue weighted by Crippen LogP contribution is -1.89. The molecule has 12 heavy (non-hydrogen) atoms. The summed E-state index contributed by atoms with van der Waals surface area (Å²) in [6.45, 7) is 4.50. The number of hydrogen-bond donors (Lipinski definition) is 1. The maximum Gasteiger partial charge on any atom is 0.182 e. The first-order chi connectivity index (χ1) is 5.72. The fourth-order valence-electron chi connectivity index (χ4n) is 0.970. The normalized spacial score (nSPS) is 10.7. The van der Waals surface area contributed by atoms with Crippen molar-refractivity contribution >= 4 is 16.5 Å². The monoisotopic (exact) mass is 184 g/mol. The van der Waals surface area contributed by atoms with E-state index in [4.69, 9.17) is 0 Å². The number of rotatable bonds is 4. The van der Waals surface area contributed by atoms with Gasteiger partial charge in [-0.25, -0.2) is 4.98 Å². The molecule has 1 N–H and O–H groups in total. The van der Waals surface area contributed by atoms with E-state index >= 15 is 0 Å². The van der Waals surface area contributed by atoms with Crippen molar-refractivity contribution in [2.75, 3.05) is 12.4 Å². The smallest absolute Gasteiger partial charge is 0.182 e. The zero-order chi connectivity index (χ0) is 8.97. The summed E-state index contributed by atoms with van der Waals surface area (Å²) in [5.74, 6) is 0.783. The number of aryl methyl sites for hydroxylation is 1. The number of hydrogen-bond acceptors (Lipinski definition) is 3. The average Bonchev–Trinajstić information content (AvgIpc) is 2.48. The topological polar surface area (TPSA) is 24.9 Å². The molecule has 0 amide bonds. The van der Waals surface area contributed by atoms with Crippen molar-refractivity contribution in [2.24, 2.45) is 5.92 Å². The van der Waals surface area contributed by atoms with Gasteiger partial charge in [-0.15, -0.1) is 11.3 Å². The van der Waals surface area contributed by atoms with Crippen LogP contribution in [-0.2, 0) is 6.42 Å². The first-order valence-corrected chi connectivity index (χ1v) is 5.16. The first-order valence-electron chi connectivity index (χ1n) is 4.35. The lowest BCUT2D eigenvalue weighted by Gasteiger charge is -2.00. The van der Waals surface area contributed by atoms with Gasteiger partial charge in [0.25, 0.3) is 0 Å². The Balaban J connectivity index is 2.41. The van der Waals surface area contributed by atoms with E-state index in [0.29, 0.717) is 0 Å². The highest BCUT2D eigenvalue weighted by Gasteiger charge is 2.01. The molecule has 1 rings (SSSR count). The molecule has 0 aliphatic heterocycles. The number of anilines is 1. The van der Waals surface area contributed by atoms with Gasteiger partial charge in [-0.2, -0.15) is 0 Å². The van der Waals surface area contributed by atoms with Gasteiger partial charge in [-0.05, 0) is 18.8 Å². The molecule has 0 aliphatic rings. The Morgan fingerprint density at radius 1 is 1.58 bits per heavy atom. The van der Waals surface area contributed by atoms with Crippen LogP contribution in [0.15, 0.2) is 6.20 Å². The van der Waals surface area contributed by atoms with E-state index in [1.807, 2.05) is 13.2 Å². The van der Waals surface area contributed by atoms with Crippen LogP contribution >= 0.6 is 11.3 Å². The summed E-state index contributed by atoms with van der Waals surface area (Å²) in [7, 11) is 1.91. The SMILES string of the molecule is CNc1ncc(CCC(C)C)s1. The van der Waals surface area contributed by atoms with Crippen LogP contribution in [0.25, 0.3) is 0 Å². The van der Waals surface area contributed by atoms with E-state index in [1.54, 1.807) is 11.3 Å². The Bertz CT molecular complexity index is 230. The largest absolute Gasteiger partial charge is 0.365 e. The Morgan fingerprint density at radius 3 is 2.83 bits per heavy atom. The fraction of sp³-hybridized carbons (Fsp3) is 0.667. The molecule has 1 aromatic heterocycles. The fourth-order valence-corrected chi connectivity index (χ4v) is 1.75. The Morgan fingerprint density at radius 2 is 2.33 bits per heavy atom. The molecule has 0 unspecified atom stereocenters. The quantitative estimate of drug-likeness (QED) is 0.778. The number of thiazole rings is 1. The molecule has 0 radical (unpaired) electrons. The predicted octanol–water partition coefficient (Wildman–Crippen LogP) is 2.77. The van der Waals surface area contributed by atoms with Gasteiger partial charge in [0.2, 0.25) is 0 Å². The van der Waals surface area contributed by atoms with Gasteiger partial charge in [0.1, 0.15) is 0 Å². The van der Waals surface area contributed by atoms with Crippen LogP contribution in [0.3, 0.4) is 0 Å². The predicted molar refractivity (Wildman–Crippen MR) is 54.8 cm³/mol. The molecule has 0 fully saturated rings. The Kier molecular flexibility index (Phi) is 3.53. The summed E-state index contributed by atoms with van der Waals surface area (Å²) in [6.07, 6.45) is 4.39. The van der Waals surface area contributed by atoms with E-state index in [-0.39, 0.29) is 0 Å². The zero-order valence-corrected chi connectivity index (χ0v) is 8.74. The van der Waals surface area contributed by atoms with Crippen molar-refractivity contribution in [3.63, 3.8) is 0 Å². The van der Waals surface area contributed by atoms with E-state index in [2.05, 4.69) is 24.1 Å². The molecule has 2 nitrogen and oxygen atoms in total. The number of nitrogens with zero attached hydrogens (tertiary/aromatic N) is 1. The van der Waals surface area contributed by atoms with E-state index < -0.39 is 0 Å². The minimum atomic E-state index is 0.783. The minimum absolute atomic E-state index is 0.783. The molecule has 68 valence electrons. The lowest BCUT2D eigenvalue weighted by atomic mass is 10.1. The first kappa shape index (κ1) is 9.52. The highest BCUT2D eigenvalue weighted by Crippen LogP contribution is 2.19. The molecule has 1 heterocycles. The van der Waals surface area contributed by atoms with Crippen molar-refractivity contribution in [3.05, 3.63) is 11.1 Å². The van der Waals surface area contributed by atoms with Gasteiger partial charge >= 0.3 is 0 Å². The van der Waals surface area contributed by atoms with Crippen molar-refractivity contribution in [1.29, 1.82) is 0 Å². The molecule has 0 saturated heterocycles. The van der Waals surface area contributed by atoms with Crippen molar-refractivity contribution in [1.82, 2.24) is 4.98 Å². The van der Waals surface area contributed by atoms with Crippen LogP contribution in [0, 0.1) is 5.92 Å². The highest BCUT2D eigenvalue weighted by atomic mass is 32.1. The standard InChI is InChI=1S/C9H16N2S/c1-7(2)4-5-8-6-11-9(10-3)12-8/h6-7H,4-5H2,1-3H3,(H,10,11). The summed E-state index contributed by atoms with van der Waals surface area (Å²) in [5, 5.41) is 4.06. The van der Waals surface area contributed by atoms with Crippen LogP contribution < -0.4 is 5.32 Å². The lowest BCUT2D eigenvalue weighted by molar-refractivity contribution is 0.589. The molecule has 0 saturated carbocycles. The molecule has 0 bridgehead atoms. The second-order valence-electron chi connectivity index (χ2n) is 3.31. The zero-order valence-electron chi connectivity index (χ0n) is 7.92. The van der Waals surface area contributed by atoms with Gasteiger partial charge in [-0.1, -0.05) is 13.8 Å². The third kappa shape index (κ3) is 2.81. The summed E-state index contributed by atoms with van der Waals surface area (Å²) in [5.41, 5.74) is 0. The van der Waals surface area contributed by atoms with Gasteiger partial charge in [0.05, 0.1) is 0 Å². The molecular formula is C9H16N2S. The van der Waals surface area contributed by atoms with E-state index in [9.17, 15) is 0 Å². The van der Waals surface area contributed by atoms with Crippen LogP contribution in [0.4, 0.5) is 5.13 Å². The molecule has 0 aliphatic carbocycles. The van der Waals surface area contributed by atoms with Crippen molar-refractivity contribution in [3.8, 4) is 0 Å². The van der Waals surface area contributed by atoms with E-state index in [1.165, 1.54) is 11.3 Å². The van der Waals surface area contributed by atoms with Crippen LogP contribution in [0.2, 0.25) is 0 Å². The maximum absolute atomic E-state index is 4.22. The van der Waals surface area contributed by atoms with Crippen LogP contribution in [0.5, 0.6) is 0 Å². The third-order valence-electron chi connectivity index (χ3n) is 1.74. The molecule has 3 heteroatoms. The highest BCUT2D eigenvalue weighted by molar-refractivity contribution is 7.15. The van der Waals surface area contributed by atoms with Gasteiger partial charge in [-0.3, -0.25) is 0 Å². The number of nitrogens with one attached hydrogen (secondary N) is 1. The summed E-state index contributed by atoms with van der Waals surface area (Å²) >= 11 is 1.75. The van der Waals surface area contributed by atoms with Crippen molar-refractivity contribution < 1.29 is 0 Å². The van der Waals surface area contributed by atoms with Gasteiger partial charge in [0, 0.05) is 18.1 Å². The van der Waals surface area contributed by atoms with Crippen LogP contribution in [0.1, 0.15) is 25.1 Å². The summed E-state index contributed by atoms with van der Waals surface area (Å²) < 4.78 is 0. The second-order valence-corrected chi connectivity index (χ2v) is 4.43. The molecule has 0 atom stereocenters.